The molecule has 0 bridgehead atoms. The van der Waals surface area contributed by atoms with Gasteiger partial charge in [-0.3, -0.25) is 4.90 Å². The number of hydrogen-bond donors (Lipinski definition) is 1. The summed E-state index contributed by atoms with van der Waals surface area (Å²) in [6, 6.07) is 2.24. The molecular formula is C15H30N2. The molecule has 0 aromatic heterocycles. The zero-order valence-corrected chi connectivity index (χ0v) is 12.1. The summed E-state index contributed by atoms with van der Waals surface area (Å²) in [6.45, 7) is 11.9. The highest BCUT2D eigenvalue weighted by Crippen LogP contribution is 2.35. The summed E-state index contributed by atoms with van der Waals surface area (Å²) in [5.41, 5.74) is 0. The zero-order chi connectivity index (χ0) is 12.4. The molecule has 2 heteroatoms. The average molecular weight is 238 g/mol. The first-order valence-corrected chi connectivity index (χ1v) is 7.61. The van der Waals surface area contributed by atoms with Crippen LogP contribution in [0.4, 0.5) is 0 Å². The van der Waals surface area contributed by atoms with Crippen LogP contribution >= 0.6 is 0 Å². The van der Waals surface area contributed by atoms with E-state index in [0.717, 1.165) is 23.9 Å². The van der Waals surface area contributed by atoms with Crippen LogP contribution in [0.2, 0.25) is 0 Å². The van der Waals surface area contributed by atoms with Gasteiger partial charge < -0.3 is 5.32 Å². The number of piperazine rings is 1. The second-order valence-electron chi connectivity index (χ2n) is 6.55. The van der Waals surface area contributed by atoms with E-state index in [1.165, 1.54) is 38.8 Å². The van der Waals surface area contributed by atoms with Crippen LogP contribution in [0.1, 0.15) is 53.4 Å². The smallest absolute Gasteiger partial charge is 0.0221 e. The number of nitrogens with zero attached hydrogens (tertiary/aromatic N) is 1. The maximum Gasteiger partial charge on any atom is 0.0221 e. The Hall–Kier alpha value is -0.0800. The molecular weight excluding hydrogens is 208 g/mol. The van der Waals surface area contributed by atoms with Crippen molar-refractivity contribution in [3.8, 4) is 0 Å². The van der Waals surface area contributed by atoms with Crippen molar-refractivity contribution in [2.75, 3.05) is 13.1 Å². The molecule has 2 rings (SSSR count). The molecule has 2 nitrogen and oxygen atoms in total. The molecule has 1 saturated heterocycles. The Morgan fingerprint density at radius 1 is 1.24 bits per heavy atom. The van der Waals surface area contributed by atoms with E-state index in [2.05, 4.69) is 37.9 Å². The lowest BCUT2D eigenvalue weighted by molar-refractivity contribution is 0.0679. The van der Waals surface area contributed by atoms with Gasteiger partial charge in [0.05, 0.1) is 0 Å². The largest absolute Gasteiger partial charge is 0.311 e. The van der Waals surface area contributed by atoms with Gasteiger partial charge in [-0.25, -0.2) is 0 Å². The van der Waals surface area contributed by atoms with Crippen LogP contribution < -0.4 is 5.32 Å². The summed E-state index contributed by atoms with van der Waals surface area (Å²) in [5.74, 6) is 1.80. The second-order valence-corrected chi connectivity index (χ2v) is 6.55. The van der Waals surface area contributed by atoms with Gasteiger partial charge in [-0.05, 0) is 31.6 Å². The minimum absolute atomic E-state index is 0.694. The van der Waals surface area contributed by atoms with Crippen molar-refractivity contribution in [2.45, 2.75) is 71.5 Å². The van der Waals surface area contributed by atoms with E-state index in [1.54, 1.807) is 0 Å². The molecule has 0 radical (unpaired) electrons. The van der Waals surface area contributed by atoms with E-state index in [4.69, 9.17) is 0 Å². The summed E-state index contributed by atoms with van der Waals surface area (Å²) in [6.07, 6.45) is 5.69. The highest BCUT2D eigenvalue weighted by molar-refractivity contribution is 4.91. The Morgan fingerprint density at radius 2 is 1.94 bits per heavy atom. The third-order valence-electron chi connectivity index (χ3n) is 4.71. The molecule has 1 aliphatic carbocycles. The van der Waals surface area contributed by atoms with E-state index in [9.17, 15) is 0 Å². The molecule has 17 heavy (non-hydrogen) atoms. The Labute approximate surface area is 107 Å². The lowest BCUT2D eigenvalue weighted by atomic mass is 9.96. The summed E-state index contributed by atoms with van der Waals surface area (Å²) in [4.78, 5) is 2.79. The van der Waals surface area contributed by atoms with Gasteiger partial charge in [-0.2, -0.15) is 0 Å². The van der Waals surface area contributed by atoms with Gasteiger partial charge in [0.1, 0.15) is 0 Å². The van der Waals surface area contributed by atoms with Gasteiger partial charge in [0.25, 0.3) is 0 Å². The van der Waals surface area contributed by atoms with Crippen molar-refractivity contribution < 1.29 is 0 Å². The molecule has 1 N–H and O–H groups in total. The van der Waals surface area contributed by atoms with Crippen LogP contribution in [0.3, 0.4) is 0 Å². The normalized spacial score (nSPS) is 33.0. The van der Waals surface area contributed by atoms with Crippen molar-refractivity contribution in [1.29, 1.82) is 0 Å². The number of nitrogens with one attached hydrogen (secondary N) is 1. The maximum atomic E-state index is 3.73. The van der Waals surface area contributed by atoms with Crippen LogP contribution in [0.5, 0.6) is 0 Å². The fourth-order valence-electron chi connectivity index (χ4n) is 3.18. The molecule has 3 atom stereocenters. The van der Waals surface area contributed by atoms with Crippen LogP contribution in [-0.4, -0.2) is 36.1 Å². The summed E-state index contributed by atoms with van der Waals surface area (Å²) < 4.78 is 0. The van der Waals surface area contributed by atoms with Crippen molar-refractivity contribution >= 4 is 0 Å². The lowest BCUT2D eigenvalue weighted by Gasteiger charge is -2.45. The fraction of sp³-hybridized carbons (Fsp3) is 1.00. The van der Waals surface area contributed by atoms with Gasteiger partial charge in [-0.15, -0.1) is 0 Å². The van der Waals surface area contributed by atoms with E-state index in [-0.39, 0.29) is 0 Å². The van der Waals surface area contributed by atoms with E-state index in [1.807, 2.05) is 0 Å². The van der Waals surface area contributed by atoms with Gasteiger partial charge in [-0.1, -0.05) is 33.6 Å². The molecule has 0 spiro atoms. The zero-order valence-electron chi connectivity index (χ0n) is 12.1. The minimum atomic E-state index is 0.694. The maximum absolute atomic E-state index is 3.73. The molecule has 100 valence electrons. The lowest BCUT2D eigenvalue weighted by Crippen LogP contribution is -2.60. The van der Waals surface area contributed by atoms with Crippen molar-refractivity contribution in [1.82, 2.24) is 10.2 Å². The highest BCUT2D eigenvalue weighted by Gasteiger charge is 2.33. The Morgan fingerprint density at radius 3 is 2.47 bits per heavy atom. The molecule has 1 saturated carbocycles. The van der Waals surface area contributed by atoms with E-state index < -0.39 is 0 Å². The Bertz CT molecular complexity index is 235. The number of rotatable bonds is 5. The van der Waals surface area contributed by atoms with Gasteiger partial charge >= 0.3 is 0 Å². The van der Waals surface area contributed by atoms with Crippen LogP contribution in [0, 0.1) is 11.8 Å². The first-order valence-electron chi connectivity index (χ1n) is 7.61. The number of hydrogen-bond acceptors (Lipinski definition) is 2. The van der Waals surface area contributed by atoms with Crippen molar-refractivity contribution in [2.24, 2.45) is 11.8 Å². The quantitative estimate of drug-likeness (QED) is 0.792. The first-order chi connectivity index (χ1) is 8.11. The molecule has 1 aliphatic heterocycles. The van der Waals surface area contributed by atoms with Crippen LogP contribution in [0.15, 0.2) is 0 Å². The summed E-state index contributed by atoms with van der Waals surface area (Å²) in [5, 5.41) is 3.73. The predicted molar refractivity (Wildman–Crippen MR) is 74.2 cm³/mol. The SMILES string of the molecule is CCC1CNC(C(C)C)CN1C(C)CC1CC1. The molecule has 3 unspecified atom stereocenters. The standard InChI is InChI=1S/C15H30N2/c1-5-14-9-16-15(11(2)3)10-17(14)12(4)8-13-6-7-13/h11-16H,5-10H2,1-4H3. The summed E-state index contributed by atoms with van der Waals surface area (Å²) >= 11 is 0. The monoisotopic (exact) mass is 238 g/mol. The van der Waals surface area contributed by atoms with Gasteiger partial charge in [0.2, 0.25) is 0 Å². The van der Waals surface area contributed by atoms with Crippen molar-refractivity contribution in [3.63, 3.8) is 0 Å². The molecule has 2 fully saturated rings. The third-order valence-corrected chi connectivity index (χ3v) is 4.71. The molecule has 1 heterocycles. The topological polar surface area (TPSA) is 15.3 Å². The minimum Gasteiger partial charge on any atom is -0.311 e. The predicted octanol–water partition coefficient (Wildman–Crippen LogP) is 2.88. The van der Waals surface area contributed by atoms with Crippen LogP contribution in [0.25, 0.3) is 0 Å². The van der Waals surface area contributed by atoms with E-state index in [0.29, 0.717) is 6.04 Å². The molecule has 0 aromatic rings. The Kier molecular flexibility index (Phi) is 4.48. The Balaban J connectivity index is 1.92. The third kappa shape index (κ3) is 3.45. The molecule has 0 amide bonds. The first kappa shape index (κ1) is 13.4. The van der Waals surface area contributed by atoms with Gasteiger partial charge in [0.15, 0.2) is 0 Å². The highest BCUT2D eigenvalue weighted by atomic mass is 15.3. The average Bonchev–Trinajstić information content (AvgIpc) is 3.11. The fourth-order valence-corrected chi connectivity index (χ4v) is 3.18. The molecule has 0 aromatic carbocycles. The second kappa shape index (κ2) is 5.71. The summed E-state index contributed by atoms with van der Waals surface area (Å²) in [7, 11) is 0. The van der Waals surface area contributed by atoms with Gasteiger partial charge in [0, 0.05) is 31.2 Å². The molecule has 2 aliphatic rings. The van der Waals surface area contributed by atoms with Crippen LogP contribution in [-0.2, 0) is 0 Å². The van der Waals surface area contributed by atoms with Crippen molar-refractivity contribution in [3.05, 3.63) is 0 Å². The van der Waals surface area contributed by atoms with E-state index >= 15 is 0 Å².